The summed E-state index contributed by atoms with van der Waals surface area (Å²) in [5, 5.41) is 0. The molecule has 11 heavy (non-hydrogen) atoms. The van der Waals surface area contributed by atoms with Crippen LogP contribution in [0.25, 0.3) is 0 Å². The smallest absolute Gasteiger partial charge is 0.0485 e. The molecule has 0 amide bonds. The summed E-state index contributed by atoms with van der Waals surface area (Å²) in [6.07, 6.45) is 4.88. The number of hydrogen-bond acceptors (Lipinski definition) is 0. The zero-order valence-corrected chi connectivity index (χ0v) is 10.3. The van der Waals surface area contributed by atoms with Gasteiger partial charge in [0.2, 0.25) is 0 Å². The van der Waals surface area contributed by atoms with Gasteiger partial charge >= 0.3 is 0 Å². The second kappa shape index (κ2) is 2.90. The Kier molecular flexibility index (Phi) is 2.44. The van der Waals surface area contributed by atoms with Crippen LogP contribution in [0, 0.1) is 0 Å². The van der Waals surface area contributed by atoms with Crippen molar-refractivity contribution in [3.05, 3.63) is 12.2 Å². The molecule has 2 heteroatoms. The van der Waals surface area contributed by atoms with Crippen LogP contribution in [0.1, 0.15) is 0 Å². The first-order valence-electron chi connectivity index (χ1n) is 4.56. The molecule has 0 nitrogen and oxygen atoms in total. The second-order valence-corrected chi connectivity index (χ2v) is 16.3. The van der Waals surface area contributed by atoms with Crippen LogP contribution >= 0.6 is 0 Å². The van der Waals surface area contributed by atoms with Crippen molar-refractivity contribution in [3.8, 4) is 0 Å². The normalized spacial score (nSPS) is 28.0. The Morgan fingerprint density at radius 3 is 1.55 bits per heavy atom. The molecule has 0 atom stereocenters. The van der Waals surface area contributed by atoms with Gasteiger partial charge in [-0.3, -0.25) is 0 Å². The van der Waals surface area contributed by atoms with Gasteiger partial charge in [-0.2, -0.15) is 0 Å². The van der Waals surface area contributed by atoms with Crippen molar-refractivity contribution in [1.82, 2.24) is 0 Å². The van der Waals surface area contributed by atoms with Crippen molar-refractivity contribution < 1.29 is 0 Å². The fraction of sp³-hybridized carbons (Fsp3) is 0.778. The molecule has 0 saturated heterocycles. The molecule has 0 aromatic carbocycles. The molecule has 0 aromatic rings. The highest BCUT2D eigenvalue weighted by molar-refractivity contribution is 6.95. The molecule has 0 aromatic heterocycles. The van der Waals surface area contributed by atoms with Gasteiger partial charge in [-0.1, -0.05) is 44.0 Å². The third-order valence-corrected chi connectivity index (χ3v) is 12.8. The molecule has 0 unspecified atom stereocenters. The maximum atomic E-state index is 2.54. The lowest BCUT2D eigenvalue weighted by atomic mass is 10.6. The molecular weight excluding hydrogens is 164 g/mol. The third-order valence-electron chi connectivity index (χ3n) is 2.46. The molecule has 0 aliphatic carbocycles. The SMILES string of the molecule is C[Si]1(C)CC=CC[Si](C)(C)C1. The van der Waals surface area contributed by atoms with Gasteiger partial charge in [-0.15, -0.1) is 0 Å². The topological polar surface area (TPSA) is 0 Å². The summed E-state index contributed by atoms with van der Waals surface area (Å²) in [5.41, 5.74) is 1.62. The zero-order chi connectivity index (χ0) is 8.54. The first-order valence-corrected chi connectivity index (χ1v) is 11.4. The Morgan fingerprint density at radius 1 is 0.818 bits per heavy atom. The van der Waals surface area contributed by atoms with E-state index in [0.29, 0.717) is 0 Å². The van der Waals surface area contributed by atoms with Crippen molar-refractivity contribution in [2.24, 2.45) is 0 Å². The van der Waals surface area contributed by atoms with Crippen molar-refractivity contribution in [2.45, 2.75) is 43.9 Å². The average molecular weight is 184 g/mol. The lowest BCUT2D eigenvalue weighted by molar-refractivity contribution is 1.44. The summed E-state index contributed by atoms with van der Waals surface area (Å²) >= 11 is 0. The molecule has 64 valence electrons. The Bertz CT molecular complexity index is 150. The van der Waals surface area contributed by atoms with E-state index >= 15 is 0 Å². The maximum absolute atomic E-state index is 2.54. The van der Waals surface area contributed by atoms with Crippen LogP contribution in [-0.4, -0.2) is 16.1 Å². The van der Waals surface area contributed by atoms with Gasteiger partial charge in [0, 0.05) is 16.1 Å². The quantitative estimate of drug-likeness (QED) is 0.399. The van der Waals surface area contributed by atoms with Crippen LogP contribution in [0.2, 0.25) is 43.9 Å². The van der Waals surface area contributed by atoms with E-state index in [1.54, 1.807) is 5.67 Å². The van der Waals surface area contributed by atoms with Gasteiger partial charge in [0.15, 0.2) is 0 Å². The first-order chi connectivity index (χ1) is 4.91. The lowest BCUT2D eigenvalue weighted by Gasteiger charge is -2.28. The summed E-state index contributed by atoms with van der Waals surface area (Å²) in [5.74, 6) is 0. The highest BCUT2D eigenvalue weighted by Gasteiger charge is 2.31. The minimum absolute atomic E-state index is 0.801. The van der Waals surface area contributed by atoms with E-state index in [-0.39, 0.29) is 0 Å². The van der Waals surface area contributed by atoms with E-state index in [4.69, 9.17) is 0 Å². The van der Waals surface area contributed by atoms with E-state index in [0.717, 1.165) is 0 Å². The van der Waals surface area contributed by atoms with Crippen LogP contribution in [-0.2, 0) is 0 Å². The number of hydrogen-bond donors (Lipinski definition) is 0. The number of rotatable bonds is 0. The van der Waals surface area contributed by atoms with Gasteiger partial charge in [-0.05, 0) is 12.1 Å². The average Bonchev–Trinajstić information content (AvgIpc) is 1.86. The lowest BCUT2D eigenvalue weighted by Crippen LogP contribution is -2.37. The molecule has 0 fully saturated rings. The van der Waals surface area contributed by atoms with Gasteiger partial charge in [0.25, 0.3) is 0 Å². The summed E-state index contributed by atoms with van der Waals surface area (Å²) in [7, 11) is -1.60. The van der Waals surface area contributed by atoms with E-state index in [2.05, 4.69) is 38.3 Å². The molecule has 1 aliphatic rings. The van der Waals surface area contributed by atoms with Gasteiger partial charge < -0.3 is 0 Å². The Morgan fingerprint density at radius 2 is 1.18 bits per heavy atom. The molecule has 0 spiro atoms. The van der Waals surface area contributed by atoms with E-state index in [1.165, 1.54) is 12.1 Å². The highest BCUT2D eigenvalue weighted by atomic mass is 28.4. The molecule has 1 heterocycles. The zero-order valence-electron chi connectivity index (χ0n) is 8.28. The van der Waals surface area contributed by atoms with Crippen molar-refractivity contribution >= 4 is 16.1 Å². The third kappa shape index (κ3) is 2.95. The van der Waals surface area contributed by atoms with Crippen LogP contribution in [0.3, 0.4) is 0 Å². The van der Waals surface area contributed by atoms with Crippen molar-refractivity contribution in [2.75, 3.05) is 0 Å². The molecule has 0 radical (unpaired) electrons. The van der Waals surface area contributed by atoms with Crippen LogP contribution in [0.15, 0.2) is 12.2 Å². The monoisotopic (exact) mass is 184 g/mol. The molecule has 1 aliphatic heterocycles. The van der Waals surface area contributed by atoms with Crippen LogP contribution in [0.5, 0.6) is 0 Å². The molecular formula is C9H20Si2. The standard InChI is InChI=1S/C9H20Si2/c1-10(2)7-5-6-8-11(3,4)9-10/h5-6H,7-9H2,1-4H3. The summed E-state index contributed by atoms with van der Waals surface area (Å²) in [6, 6.07) is 2.84. The highest BCUT2D eigenvalue weighted by Crippen LogP contribution is 2.29. The fourth-order valence-electron chi connectivity index (χ4n) is 2.24. The van der Waals surface area contributed by atoms with E-state index < -0.39 is 16.1 Å². The van der Waals surface area contributed by atoms with E-state index in [1.807, 2.05) is 0 Å². The molecule has 1 rings (SSSR count). The first kappa shape index (κ1) is 9.26. The Balaban J connectivity index is 2.72. The summed E-state index contributed by atoms with van der Waals surface area (Å²) in [4.78, 5) is 0. The van der Waals surface area contributed by atoms with Crippen LogP contribution < -0.4 is 0 Å². The largest absolute Gasteiger partial charge is 0.0915 e. The number of allylic oxidation sites excluding steroid dienone is 2. The minimum Gasteiger partial charge on any atom is -0.0915 e. The van der Waals surface area contributed by atoms with Gasteiger partial charge in [-0.25, -0.2) is 0 Å². The predicted octanol–water partition coefficient (Wildman–Crippen LogP) is 3.51. The molecule has 0 saturated carbocycles. The van der Waals surface area contributed by atoms with E-state index in [9.17, 15) is 0 Å². The van der Waals surface area contributed by atoms with Crippen molar-refractivity contribution in [3.63, 3.8) is 0 Å². The predicted molar refractivity (Wildman–Crippen MR) is 58.5 cm³/mol. The molecule has 0 bridgehead atoms. The van der Waals surface area contributed by atoms with Gasteiger partial charge in [0.1, 0.15) is 0 Å². The minimum atomic E-state index is -0.801. The second-order valence-electron chi connectivity index (χ2n) is 5.38. The fourth-order valence-corrected chi connectivity index (χ4v) is 15.4. The van der Waals surface area contributed by atoms with Crippen molar-refractivity contribution in [1.29, 1.82) is 0 Å². The summed E-state index contributed by atoms with van der Waals surface area (Å²) < 4.78 is 0. The summed E-state index contributed by atoms with van der Waals surface area (Å²) in [6.45, 7) is 10.2. The van der Waals surface area contributed by atoms with Crippen LogP contribution in [0.4, 0.5) is 0 Å². The molecule has 0 N–H and O–H groups in total. The Hall–Kier alpha value is 0.174. The Labute approximate surface area is 72.7 Å². The maximum Gasteiger partial charge on any atom is 0.0485 e. The van der Waals surface area contributed by atoms with Gasteiger partial charge in [0.05, 0.1) is 0 Å².